The van der Waals surface area contributed by atoms with E-state index in [2.05, 4.69) is 48.3 Å². The maximum Gasteiger partial charge on any atom is 0.118 e. The monoisotopic (exact) mass is 290 g/mol. The van der Waals surface area contributed by atoms with Gasteiger partial charge >= 0.3 is 0 Å². The second-order valence-electron chi connectivity index (χ2n) is 6.23. The van der Waals surface area contributed by atoms with Crippen LogP contribution < -0.4 is 10.1 Å². The van der Waals surface area contributed by atoms with Gasteiger partial charge in [0.25, 0.3) is 0 Å². The van der Waals surface area contributed by atoms with Crippen molar-refractivity contribution in [3.63, 3.8) is 0 Å². The lowest BCUT2D eigenvalue weighted by Gasteiger charge is -2.37. The minimum absolute atomic E-state index is 0.710. The average Bonchev–Trinajstić information content (AvgIpc) is 2.52. The summed E-state index contributed by atoms with van der Waals surface area (Å²) in [6.45, 7) is 9.38. The number of rotatable bonds is 7. The number of benzene rings is 1. The second-order valence-corrected chi connectivity index (χ2v) is 6.23. The lowest BCUT2D eigenvalue weighted by molar-refractivity contribution is 0.149. The van der Waals surface area contributed by atoms with E-state index in [1.54, 1.807) is 7.11 Å². The van der Waals surface area contributed by atoms with E-state index in [1.165, 1.54) is 31.5 Å². The Morgan fingerprint density at radius 3 is 2.67 bits per heavy atom. The van der Waals surface area contributed by atoms with Gasteiger partial charge < -0.3 is 15.0 Å². The van der Waals surface area contributed by atoms with Gasteiger partial charge in [-0.1, -0.05) is 26.0 Å². The average molecular weight is 290 g/mol. The van der Waals surface area contributed by atoms with Crippen molar-refractivity contribution in [3.8, 4) is 5.75 Å². The Balaban J connectivity index is 1.74. The smallest absolute Gasteiger partial charge is 0.118 e. The van der Waals surface area contributed by atoms with Gasteiger partial charge in [-0.25, -0.2) is 0 Å². The second kappa shape index (κ2) is 8.40. The highest BCUT2D eigenvalue weighted by Crippen LogP contribution is 2.18. The normalized spacial score (nSPS) is 23.2. The number of methoxy groups -OCH3 is 1. The molecule has 21 heavy (non-hydrogen) atoms. The zero-order valence-corrected chi connectivity index (χ0v) is 13.8. The number of ether oxygens (including phenoxy) is 1. The summed E-state index contributed by atoms with van der Waals surface area (Å²) in [5, 5.41) is 3.69. The molecule has 0 spiro atoms. The molecule has 2 unspecified atom stereocenters. The van der Waals surface area contributed by atoms with Crippen molar-refractivity contribution in [2.45, 2.75) is 39.2 Å². The third-order valence-electron chi connectivity index (χ3n) is 4.52. The third kappa shape index (κ3) is 5.01. The standard InChI is InChI=1S/C18H30N2O/c1-4-11-19-18-10-13-20(14-15(18)2)12-9-16-5-7-17(21-3)8-6-16/h5-8,15,18-19H,4,9-14H2,1-3H3. The lowest BCUT2D eigenvalue weighted by atomic mass is 9.93. The molecule has 1 heterocycles. The summed E-state index contributed by atoms with van der Waals surface area (Å²) in [5.41, 5.74) is 1.40. The molecule has 3 heteroatoms. The van der Waals surface area contributed by atoms with Crippen LogP contribution in [0.2, 0.25) is 0 Å². The van der Waals surface area contributed by atoms with E-state index >= 15 is 0 Å². The molecule has 0 saturated carbocycles. The zero-order chi connectivity index (χ0) is 15.1. The fourth-order valence-corrected chi connectivity index (χ4v) is 3.15. The Kier molecular flexibility index (Phi) is 6.52. The van der Waals surface area contributed by atoms with Crippen LogP contribution in [-0.2, 0) is 6.42 Å². The number of hydrogen-bond acceptors (Lipinski definition) is 3. The number of likely N-dealkylation sites (tertiary alicyclic amines) is 1. The maximum absolute atomic E-state index is 5.20. The Morgan fingerprint density at radius 2 is 2.05 bits per heavy atom. The predicted octanol–water partition coefficient (Wildman–Crippen LogP) is 2.95. The van der Waals surface area contributed by atoms with Crippen molar-refractivity contribution in [1.29, 1.82) is 0 Å². The van der Waals surface area contributed by atoms with Crippen LogP contribution >= 0.6 is 0 Å². The molecule has 0 aliphatic carbocycles. The molecule has 2 atom stereocenters. The van der Waals surface area contributed by atoms with E-state index in [-0.39, 0.29) is 0 Å². The molecule has 1 aromatic carbocycles. The van der Waals surface area contributed by atoms with E-state index in [0.29, 0.717) is 6.04 Å². The van der Waals surface area contributed by atoms with Crippen molar-refractivity contribution < 1.29 is 4.74 Å². The van der Waals surface area contributed by atoms with E-state index in [9.17, 15) is 0 Å². The van der Waals surface area contributed by atoms with Crippen molar-refractivity contribution in [2.24, 2.45) is 5.92 Å². The van der Waals surface area contributed by atoms with E-state index < -0.39 is 0 Å². The molecule has 0 aromatic heterocycles. The van der Waals surface area contributed by atoms with Gasteiger partial charge in [0.15, 0.2) is 0 Å². The number of piperidine rings is 1. The lowest BCUT2D eigenvalue weighted by Crippen LogP contribution is -2.48. The Labute approximate surface area is 129 Å². The maximum atomic E-state index is 5.20. The van der Waals surface area contributed by atoms with Crippen LogP contribution in [0.1, 0.15) is 32.3 Å². The molecule has 0 radical (unpaired) electrons. The number of nitrogens with one attached hydrogen (secondary N) is 1. The highest BCUT2D eigenvalue weighted by molar-refractivity contribution is 5.27. The Hall–Kier alpha value is -1.06. The van der Waals surface area contributed by atoms with Gasteiger partial charge in [-0.2, -0.15) is 0 Å². The molecule has 1 aliphatic heterocycles. The minimum atomic E-state index is 0.710. The molecule has 3 nitrogen and oxygen atoms in total. The molecule has 1 N–H and O–H groups in total. The van der Waals surface area contributed by atoms with Crippen LogP contribution in [0.4, 0.5) is 0 Å². The fraction of sp³-hybridized carbons (Fsp3) is 0.667. The zero-order valence-electron chi connectivity index (χ0n) is 13.8. The largest absolute Gasteiger partial charge is 0.497 e. The first-order valence-electron chi connectivity index (χ1n) is 8.31. The highest BCUT2D eigenvalue weighted by atomic mass is 16.5. The van der Waals surface area contributed by atoms with E-state index in [0.717, 1.165) is 31.2 Å². The molecule has 1 aromatic rings. The number of nitrogens with zero attached hydrogens (tertiary/aromatic N) is 1. The summed E-state index contributed by atoms with van der Waals surface area (Å²) in [6.07, 6.45) is 3.64. The molecule has 0 bridgehead atoms. The molecule has 1 fully saturated rings. The van der Waals surface area contributed by atoms with Crippen LogP contribution in [0, 0.1) is 5.92 Å². The third-order valence-corrected chi connectivity index (χ3v) is 4.52. The van der Waals surface area contributed by atoms with Gasteiger partial charge in [-0.3, -0.25) is 0 Å². The fourth-order valence-electron chi connectivity index (χ4n) is 3.15. The van der Waals surface area contributed by atoms with Gasteiger partial charge in [0, 0.05) is 19.1 Å². The van der Waals surface area contributed by atoms with Crippen LogP contribution in [0.3, 0.4) is 0 Å². The minimum Gasteiger partial charge on any atom is -0.497 e. The summed E-state index contributed by atoms with van der Waals surface area (Å²) in [5.74, 6) is 1.69. The Bertz CT molecular complexity index is 404. The van der Waals surface area contributed by atoms with Gasteiger partial charge in [-0.15, -0.1) is 0 Å². The molecule has 2 rings (SSSR count). The highest BCUT2D eigenvalue weighted by Gasteiger charge is 2.24. The van der Waals surface area contributed by atoms with Crippen LogP contribution in [0.15, 0.2) is 24.3 Å². The van der Waals surface area contributed by atoms with Crippen LogP contribution in [-0.4, -0.2) is 44.2 Å². The SMILES string of the molecule is CCCNC1CCN(CCc2ccc(OC)cc2)CC1C. The van der Waals surface area contributed by atoms with Crippen LogP contribution in [0.25, 0.3) is 0 Å². The molecule has 0 amide bonds. The quantitative estimate of drug-likeness (QED) is 0.835. The molecule has 1 saturated heterocycles. The summed E-state index contributed by atoms with van der Waals surface area (Å²) in [7, 11) is 1.72. The van der Waals surface area contributed by atoms with Crippen molar-refractivity contribution in [3.05, 3.63) is 29.8 Å². The molecular weight excluding hydrogens is 260 g/mol. The first kappa shape index (κ1) is 16.3. The summed E-state index contributed by atoms with van der Waals surface area (Å²) >= 11 is 0. The first-order valence-corrected chi connectivity index (χ1v) is 8.31. The summed E-state index contributed by atoms with van der Waals surface area (Å²) < 4.78 is 5.20. The van der Waals surface area contributed by atoms with Crippen molar-refractivity contribution in [2.75, 3.05) is 33.3 Å². The van der Waals surface area contributed by atoms with Gasteiger partial charge in [0.2, 0.25) is 0 Å². The van der Waals surface area contributed by atoms with Crippen LogP contribution in [0.5, 0.6) is 5.75 Å². The van der Waals surface area contributed by atoms with E-state index in [4.69, 9.17) is 4.74 Å². The molecule has 118 valence electrons. The number of hydrogen-bond donors (Lipinski definition) is 1. The van der Waals surface area contributed by atoms with Crippen molar-refractivity contribution in [1.82, 2.24) is 10.2 Å². The van der Waals surface area contributed by atoms with Crippen molar-refractivity contribution >= 4 is 0 Å². The van der Waals surface area contributed by atoms with Gasteiger partial charge in [0.05, 0.1) is 7.11 Å². The van der Waals surface area contributed by atoms with E-state index in [1.807, 2.05) is 0 Å². The first-order chi connectivity index (χ1) is 10.2. The van der Waals surface area contributed by atoms with Gasteiger partial charge in [0.1, 0.15) is 5.75 Å². The summed E-state index contributed by atoms with van der Waals surface area (Å²) in [6, 6.07) is 9.18. The Morgan fingerprint density at radius 1 is 1.29 bits per heavy atom. The topological polar surface area (TPSA) is 24.5 Å². The predicted molar refractivity (Wildman–Crippen MR) is 89.0 cm³/mol. The van der Waals surface area contributed by atoms with Gasteiger partial charge in [-0.05, 0) is 56.0 Å². The molecule has 1 aliphatic rings. The molecular formula is C18H30N2O. The summed E-state index contributed by atoms with van der Waals surface area (Å²) in [4.78, 5) is 2.61.